The fourth-order valence-electron chi connectivity index (χ4n) is 7.62. The summed E-state index contributed by atoms with van der Waals surface area (Å²) in [5.41, 5.74) is 3.22. The van der Waals surface area contributed by atoms with Crippen LogP contribution >= 0.6 is 0 Å². The molecule has 1 aromatic carbocycles. The zero-order valence-corrected chi connectivity index (χ0v) is 21.6. The summed E-state index contributed by atoms with van der Waals surface area (Å²) in [5.74, 6) is 1.13. The number of hydrogen-bond donors (Lipinski definition) is 0. The maximum Gasteiger partial charge on any atom is 0.220 e. The summed E-state index contributed by atoms with van der Waals surface area (Å²) in [6.07, 6.45) is 10.0. The highest BCUT2D eigenvalue weighted by Crippen LogP contribution is 2.57. The molecule has 0 radical (unpaired) electrons. The number of rotatable bonds is 3. The van der Waals surface area contributed by atoms with Crippen LogP contribution in [0.5, 0.6) is 5.88 Å². The summed E-state index contributed by atoms with van der Waals surface area (Å²) in [4.78, 5) is 14.6. The predicted molar refractivity (Wildman–Crippen MR) is 138 cm³/mol. The molecule has 0 bridgehead atoms. The Balaban J connectivity index is 1.39. The van der Waals surface area contributed by atoms with E-state index in [1.54, 1.807) is 12.3 Å². The van der Waals surface area contributed by atoms with Crippen LogP contribution in [0, 0.1) is 17.7 Å². The molecule has 2 aromatic heterocycles. The van der Waals surface area contributed by atoms with Crippen molar-refractivity contribution < 1.29 is 18.6 Å². The Morgan fingerprint density at radius 2 is 1.84 bits per heavy atom. The third kappa shape index (κ3) is 3.61. The normalized spacial score (nSPS) is 28.9. The standard InChI is InChI=1S/C30H34FN3O3/c1-18-23-11-10-22-26(29(23,2)13-14-30(18)35-16-17-36-30)33-27(34-28(22)37-19-6-3-4-7-19)21-12-15-32-25-20(21)8-5-9-24(25)31/h5,8-9,12,15,18-19,23H,3-4,6-7,10-11,13-14,16-17H2,1-2H3/t18-,23-,29-/m1/s1. The van der Waals surface area contributed by atoms with Gasteiger partial charge in [0, 0.05) is 40.5 Å². The number of halogens is 1. The Morgan fingerprint density at radius 3 is 2.65 bits per heavy atom. The largest absolute Gasteiger partial charge is 0.474 e. The molecule has 4 aliphatic rings. The van der Waals surface area contributed by atoms with Crippen molar-refractivity contribution in [2.45, 2.75) is 82.5 Å². The lowest BCUT2D eigenvalue weighted by Gasteiger charge is -2.54. The first-order valence-corrected chi connectivity index (χ1v) is 13.9. The minimum atomic E-state index is -0.473. The van der Waals surface area contributed by atoms with E-state index in [4.69, 9.17) is 24.2 Å². The highest BCUT2D eigenvalue weighted by molar-refractivity contribution is 5.92. The average Bonchev–Trinajstić information content (AvgIpc) is 3.60. The Bertz CT molecular complexity index is 1350. The fourth-order valence-corrected chi connectivity index (χ4v) is 7.62. The molecule has 6 nitrogen and oxygen atoms in total. The lowest BCUT2D eigenvalue weighted by molar-refractivity contribution is -0.234. The van der Waals surface area contributed by atoms with Crippen molar-refractivity contribution in [3.63, 3.8) is 0 Å². The van der Waals surface area contributed by atoms with Gasteiger partial charge < -0.3 is 14.2 Å². The van der Waals surface area contributed by atoms with Gasteiger partial charge in [-0.25, -0.2) is 9.37 Å². The van der Waals surface area contributed by atoms with Crippen LogP contribution in [0.3, 0.4) is 0 Å². The zero-order chi connectivity index (χ0) is 25.2. The minimum absolute atomic E-state index is 0.146. The summed E-state index contributed by atoms with van der Waals surface area (Å²) >= 11 is 0. The van der Waals surface area contributed by atoms with Gasteiger partial charge in [0.2, 0.25) is 5.88 Å². The molecule has 1 saturated heterocycles. The number of hydrogen-bond acceptors (Lipinski definition) is 6. The number of ether oxygens (including phenoxy) is 3. The molecule has 3 aliphatic carbocycles. The molecule has 3 heterocycles. The Kier molecular flexibility index (Phi) is 5.52. The van der Waals surface area contributed by atoms with Crippen LogP contribution in [-0.2, 0) is 21.3 Å². The Morgan fingerprint density at radius 1 is 1.03 bits per heavy atom. The number of nitrogens with zero attached hydrogens (tertiary/aromatic N) is 3. The molecular formula is C30H34FN3O3. The van der Waals surface area contributed by atoms with E-state index >= 15 is 0 Å². The number of aromatic nitrogens is 3. The second-order valence-corrected chi connectivity index (χ2v) is 11.6. The molecule has 1 spiro atoms. The highest BCUT2D eigenvalue weighted by Gasteiger charge is 2.58. The SMILES string of the molecule is C[C@@H]1[C@H]2CCc3c(OC4CCCC4)nc(-c4ccnc5c(F)cccc45)nc3[C@]2(C)CCC12OCCO2. The van der Waals surface area contributed by atoms with Crippen molar-refractivity contribution in [2.75, 3.05) is 13.2 Å². The van der Waals surface area contributed by atoms with Crippen molar-refractivity contribution in [1.29, 1.82) is 0 Å². The molecule has 3 atom stereocenters. The topological polar surface area (TPSA) is 66.4 Å². The van der Waals surface area contributed by atoms with Gasteiger partial charge in [0.15, 0.2) is 11.6 Å². The van der Waals surface area contributed by atoms with Crippen LogP contribution in [0.2, 0.25) is 0 Å². The molecule has 7 rings (SSSR count). The first-order chi connectivity index (χ1) is 18.0. The molecule has 194 valence electrons. The predicted octanol–water partition coefficient (Wildman–Crippen LogP) is 6.15. The maximum absolute atomic E-state index is 14.6. The van der Waals surface area contributed by atoms with E-state index in [2.05, 4.69) is 18.8 Å². The van der Waals surface area contributed by atoms with E-state index in [0.717, 1.165) is 60.7 Å². The van der Waals surface area contributed by atoms with Gasteiger partial charge in [-0.3, -0.25) is 4.98 Å². The first kappa shape index (κ1) is 23.5. The van der Waals surface area contributed by atoms with E-state index in [9.17, 15) is 4.39 Å². The van der Waals surface area contributed by atoms with E-state index in [-0.39, 0.29) is 23.3 Å². The lowest BCUT2D eigenvalue weighted by atomic mass is 9.55. The summed E-state index contributed by atoms with van der Waals surface area (Å²) in [7, 11) is 0. The second kappa shape index (κ2) is 8.70. The van der Waals surface area contributed by atoms with Crippen LogP contribution in [0.4, 0.5) is 4.39 Å². The fraction of sp³-hybridized carbons (Fsp3) is 0.567. The number of para-hydroxylation sites is 1. The van der Waals surface area contributed by atoms with Gasteiger partial charge in [0.25, 0.3) is 0 Å². The van der Waals surface area contributed by atoms with E-state index in [1.165, 1.54) is 18.9 Å². The maximum atomic E-state index is 14.6. The average molecular weight is 504 g/mol. The number of benzene rings is 1. The van der Waals surface area contributed by atoms with Crippen LogP contribution in [0.25, 0.3) is 22.3 Å². The molecule has 0 N–H and O–H groups in total. The molecule has 0 amide bonds. The quantitative estimate of drug-likeness (QED) is 0.427. The Hall–Kier alpha value is -2.64. The molecule has 1 aliphatic heterocycles. The lowest BCUT2D eigenvalue weighted by Crippen LogP contribution is -2.55. The minimum Gasteiger partial charge on any atom is -0.474 e. The van der Waals surface area contributed by atoms with Crippen LogP contribution in [0.1, 0.15) is 70.1 Å². The van der Waals surface area contributed by atoms with Crippen molar-refractivity contribution in [3.05, 3.63) is 47.5 Å². The zero-order valence-electron chi connectivity index (χ0n) is 21.6. The van der Waals surface area contributed by atoms with E-state index in [0.29, 0.717) is 36.4 Å². The third-order valence-corrected chi connectivity index (χ3v) is 9.64. The first-order valence-electron chi connectivity index (χ1n) is 13.9. The number of fused-ring (bicyclic) bond motifs is 4. The van der Waals surface area contributed by atoms with Gasteiger partial charge in [-0.15, -0.1) is 0 Å². The van der Waals surface area contributed by atoms with Crippen molar-refractivity contribution >= 4 is 10.9 Å². The monoisotopic (exact) mass is 503 g/mol. The molecule has 3 fully saturated rings. The van der Waals surface area contributed by atoms with Crippen molar-refractivity contribution in [3.8, 4) is 17.3 Å². The smallest absolute Gasteiger partial charge is 0.220 e. The van der Waals surface area contributed by atoms with Crippen molar-refractivity contribution in [1.82, 2.24) is 15.0 Å². The second-order valence-electron chi connectivity index (χ2n) is 11.6. The summed E-state index contributed by atoms with van der Waals surface area (Å²) in [6.45, 7) is 5.98. The van der Waals surface area contributed by atoms with Crippen LogP contribution in [0.15, 0.2) is 30.5 Å². The molecule has 0 unspecified atom stereocenters. The van der Waals surface area contributed by atoms with Crippen LogP contribution in [-0.4, -0.2) is 40.1 Å². The van der Waals surface area contributed by atoms with Gasteiger partial charge in [0.1, 0.15) is 17.4 Å². The van der Waals surface area contributed by atoms with Crippen molar-refractivity contribution in [2.24, 2.45) is 11.8 Å². The number of pyridine rings is 1. The highest BCUT2D eigenvalue weighted by atomic mass is 19.1. The molecule has 2 saturated carbocycles. The van der Waals surface area contributed by atoms with Gasteiger partial charge in [-0.05, 0) is 63.0 Å². The summed E-state index contributed by atoms with van der Waals surface area (Å²) in [5, 5.41) is 0.718. The molecule has 3 aromatic rings. The molecule has 7 heteroatoms. The third-order valence-electron chi connectivity index (χ3n) is 9.64. The van der Waals surface area contributed by atoms with Gasteiger partial charge in [-0.2, -0.15) is 4.98 Å². The van der Waals surface area contributed by atoms with E-state index < -0.39 is 5.79 Å². The van der Waals surface area contributed by atoms with Crippen LogP contribution < -0.4 is 4.74 Å². The molecular weight excluding hydrogens is 469 g/mol. The summed E-state index contributed by atoms with van der Waals surface area (Å²) in [6, 6.07) is 6.95. The van der Waals surface area contributed by atoms with Gasteiger partial charge in [-0.1, -0.05) is 26.0 Å². The van der Waals surface area contributed by atoms with Gasteiger partial charge in [0.05, 0.1) is 18.9 Å². The van der Waals surface area contributed by atoms with Gasteiger partial charge >= 0.3 is 0 Å². The summed E-state index contributed by atoms with van der Waals surface area (Å²) < 4.78 is 33.7. The van der Waals surface area contributed by atoms with E-state index in [1.807, 2.05) is 12.1 Å². The Labute approximate surface area is 217 Å². The molecule has 37 heavy (non-hydrogen) atoms.